The minimum Gasteiger partial charge on any atom is -0.493 e. The van der Waals surface area contributed by atoms with Gasteiger partial charge in [0.15, 0.2) is 11.5 Å². The number of nitrogens with one attached hydrogen (secondary N) is 1. The molecule has 1 saturated carbocycles. The second-order valence-corrected chi connectivity index (χ2v) is 6.71. The van der Waals surface area contributed by atoms with Crippen LogP contribution in [0, 0.1) is 11.8 Å². The molecule has 0 saturated heterocycles. The maximum absolute atomic E-state index is 12.8. The Morgan fingerprint density at radius 2 is 2.04 bits per heavy atom. The summed E-state index contributed by atoms with van der Waals surface area (Å²) in [5, 5.41) is 3.21. The molecule has 0 spiro atoms. The fourth-order valence-corrected chi connectivity index (χ4v) is 3.52. The van der Waals surface area contributed by atoms with Gasteiger partial charge in [0.1, 0.15) is 0 Å². The van der Waals surface area contributed by atoms with Crippen molar-refractivity contribution >= 4 is 5.91 Å². The normalized spacial score (nSPS) is 23.4. The van der Waals surface area contributed by atoms with E-state index in [0.29, 0.717) is 35.3 Å². The van der Waals surface area contributed by atoms with Crippen molar-refractivity contribution in [2.75, 3.05) is 14.2 Å². The topological polar surface area (TPSA) is 47.6 Å². The molecule has 132 valence electrons. The molecule has 3 unspecified atom stereocenters. The van der Waals surface area contributed by atoms with E-state index in [4.69, 9.17) is 9.47 Å². The quantitative estimate of drug-likeness (QED) is 0.802. The highest BCUT2D eigenvalue weighted by Crippen LogP contribution is 2.34. The number of hydrogen-bond donors (Lipinski definition) is 1. The van der Waals surface area contributed by atoms with Gasteiger partial charge in [-0.3, -0.25) is 4.79 Å². The summed E-state index contributed by atoms with van der Waals surface area (Å²) in [5.41, 5.74) is 1.51. The molecule has 4 nitrogen and oxygen atoms in total. The van der Waals surface area contributed by atoms with Crippen LogP contribution in [0.1, 0.15) is 49.0 Å². The number of allylic oxidation sites excluding steroid dienone is 1. The van der Waals surface area contributed by atoms with Crippen molar-refractivity contribution in [3.05, 3.63) is 35.9 Å². The van der Waals surface area contributed by atoms with Crippen LogP contribution in [0.3, 0.4) is 0 Å². The number of ether oxygens (including phenoxy) is 2. The van der Waals surface area contributed by atoms with Gasteiger partial charge in [-0.2, -0.15) is 0 Å². The summed E-state index contributed by atoms with van der Waals surface area (Å²) in [6, 6.07) is 3.85. The van der Waals surface area contributed by atoms with Crippen molar-refractivity contribution in [2.24, 2.45) is 11.8 Å². The molecule has 0 bridgehead atoms. The minimum atomic E-state index is -0.0489. The lowest BCUT2D eigenvalue weighted by molar-refractivity contribution is 0.0890. The lowest BCUT2D eigenvalue weighted by atomic mass is 9.78. The Balaban J connectivity index is 2.25. The number of rotatable bonds is 6. The Labute approximate surface area is 145 Å². The highest BCUT2D eigenvalue weighted by molar-refractivity contribution is 5.95. The van der Waals surface area contributed by atoms with Crippen molar-refractivity contribution < 1.29 is 14.3 Å². The first-order valence-electron chi connectivity index (χ1n) is 8.68. The summed E-state index contributed by atoms with van der Waals surface area (Å²) in [5.74, 6) is 2.33. The van der Waals surface area contributed by atoms with Gasteiger partial charge in [0.25, 0.3) is 5.91 Å². The van der Waals surface area contributed by atoms with Gasteiger partial charge in [-0.15, -0.1) is 6.58 Å². The Morgan fingerprint density at radius 1 is 1.29 bits per heavy atom. The summed E-state index contributed by atoms with van der Waals surface area (Å²) < 4.78 is 10.8. The summed E-state index contributed by atoms with van der Waals surface area (Å²) in [6.07, 6.45) is 5.88. The van der Waals surface area contributed by atoms with Crippen LogP contribution in [0.2, 0.25) is 0 Å². The standard InChI is InChI=1S/C20H29NO3/c1-6-8-15-11-16(12-18(23-4)19(15)24-5)20(22)21-17-10-7-9-13(2)14(17)3/h6,11-14,17H,1,7-10H2,2-5H3,(H,21,22). The maximum atomic E-state index is 12.8. The van der Waals surface area contributed by atoms with Crippen molar-refractivity contribution in [1.82, 2.24) is 5.32 Å². The number of carbonyl (C=O) groups excluding carboxylic acids is 1. The van der Waals surface area contributed by atoms with Gasteiger partial charge in [0.2, 0.25) is 0 Å². The lowest BCUT2D eigenvalue weighted by Crippen LogP contribution is -2.43. The van der Waals surface area contributed by atoms with Crippen LogP contribution in [0.4, 0.5) is 0 Å². The first-order valence-corrected chi connectivity index (χ1v) is 8.68. The fourth-order valence-electron chi connectivity index (χ4n) is 3.52. The van der Waals surface area contributed by atoms with Crippen molar-refractivity contribution in [1.29, 1.82) is 0 Å². The molecule has 1 aliphatic rings. The third-order valence-electron chi connectivity index (χ3n) is 5.21. The van der Waals surface area contributed by atoms with E-state index in [-0.39, 0.29) is 11.9 Å². The SMILES string of the molecule is C=CCc1cc(C(=O)NC2CCCC(C)C2C)cc(OC)c1OC. The minimum absolute atomic E-state index is 0.0489. The van der Waals surface area contributed by atoms with Crippen molar-refractivity contribution in [3.8, 4) is 11.5 Å². The average Bonchev–Trinajstić information content (AvgIpc) is 2.58. The molecule has 1 fully saturated rings. The molecule has 0 aromatic heterocycles. The predicted octanol–water partition coefficient (Wildman–Crippen LogP) is 3.99. The summed E-state index contributed by atoms with van der Waals surface area (Å²) in [7, 11) is 3.19. The monoisotopic (exact) mass is 331 g/mol. The molecule has 0 radical (unpaired) electrons. The van der Waals surface area contributed by atoms with E-state index in [1.54, 1.807) is 26.4 Å². The van der Waals surface area contributed by atoms with Gasteiger partial charge in [-0.05, 0) is 36.8 Å². The fraction of sp³-hybridized carbons (Fsp3) is 0.550. The molecule has 2 rings (SSSR count). The summed E-state index contributed by atoms with van der Waals surface area (Å²) in [6.45, 7) is 8.27. The Bertz CT molecular complexity index is 597. The van der Waals surface area contributed by atoms with E-state index in [1.807, 2.05) is 6.07 Å². The maximum Gasteiger partial charge on any atom is 0.251 e. The summed E-state index contributed by atoms with van der Waals surface area (Å²) >= 11 is 0. The van der Waals surface area contributed by atoms with Gasteiger partial charge in [-0.1, -0.05) is 32.8 Å². The molecule has 1 aromatic rings. The zero-order valence-corrected chi connectivity index (χ0v) is 15.2. The second-order valence-electron chi connectivity index (χ2n) is 6.71. The summed E-state index contributed by atoms with van der Waals surface area (Å²) in [4.78, 5) is 12.8. The van der Waals surface area contributed by atoms with Crippen molar-refractivity contribution in [3.63, 3.8) is 0 Å². The molecule has 1 aliphatic carbocycles. The molecular weight excluding hydrogens is 302 g/mol. The van der Waals surface area contributed by atoms with Gasteiger partial charge in [0, 0.05) is 17.2 Å². The smallest absolute Gasteiger partial charge is 0.251 e. The molecule has 1 aromatic carbocycles. The zero-order chi connectivity index (χ0) is 17.7. The van der Waals surface area contributed by atoms with E-state index >= 15 is 0 Å². The largest absolute Gasteiger partial charge is 0.493 e. The second kappa shape index (κ2) is 8.22. The van der Waals surface area contributed by atoms with Crippen LogP contribution in [-0.2, 0) is 6.42 Å². The zero-order valence-electron chi connectivity index (χ0n) is 15.2. The van der Waals surface area contributed by atoms with Crippen molar-refractivity contribution in [2.45, 2.75) is 45.6 Å². The third kappa shape index (κ3) is 3.92. The Kier molecular flexibility index (Phi) is 6.29. The van der Waals surface area contributed by atoms with Gasteiger partial charge in [0.05, 0.1) is 14.2 Å². The van der Waals surface area contributed by atoms with E-state index in [0.717, 1.165) is 12.0 Å². The van der Waals surface area contributed by atoms with Gasteiger partial charge < -0.3 is 14.8 Å². The van der Waals surface area contributed by atoms with Crippen LogP contribution < -0.4 is 14.8 Å². The average molecular weight is 331 g/mol. The number of hydrogen-bond acceptors (Lipinski definition) is 3. The molecule has 4 heteroatoms. The van der Waals surface area contributed by atoms with Gasteiger partial charge >= 0.3 is 0 Å². The number of amides is 1. The number of carbonyl (C=O) groups is 1. The van der Waals surface area contributed by atoms with Crippen LogP contribution >= 0.6 is 0 Å². The van der Waals surface area contributed by atoms with E-state index < -0.39 is 0 Å². The Morgan fingerprint density at radius 3 is 2.67 bits per heavy atom. The van der Waals surface area contributed by atoms with E-state index in [9.17, 15) is 4.79 Å². The lowest BCUT2D eigenvalue weighted by Gasteiger charge is -2.34. The molecule has 3 atom stereocenters. The molecule has 1 N–H and O–H groups in total. The van der Waals surface area contributed by atoms with E-state index in [1.165, 1.54) is 12.8 Å². The molecular formula is C20H29NO3. The third-order valence-corrected chi connectivity index (χ3v) is 5.21. The molecule has 0 heterocycles. The first kappa shape index (κ1) is 18.4. The number of methoxy groups -OCH3 is 2. The highest BCUT2D eigenvalue weighted by Gasteiger charge is 2.28. The van der Waals surface area contributed by atoms with Crippen LogP contribution in [-0.4, -0.2) is 26.2 Å². The Hall–Kier alpha value is -1.97. The predicted molar refractivity (Wildman–Crippen MR) is 96.9 cm³/mol. The van der Waals surface area contributed by atoms with Crippen LogP contribution in [0.25, 0.3) is 0 Å². The number of benzene rings is 1. The highest BCUT2D eigenvalue weighted by atomic mass is 16.5. The molecule has 24 heavy (non-hydrogen) atoms. The van der Waals surface area contributed by atoms with Crippen LogP contribution in [0.15, 0.2) is 24.8 Å². The van der Waals surface area contributed by atoms with E-state index in [2.05, 4.69) is 25.7 Å². The van der Waals surface area contributed by atoms with Crippen LogP contribution in [0.5, 0.6) is 11.5 Å². The first-order chi connectivity index (χ1) is 11.5. The molecule has 0 aliphatic heterocycles. The van der Waals surface area contributed by atoms with Gasteiger partial charge in [-0.25, -0.2) is 0 Å². The molecule has 1 amide bonds.